The minimum absolute atomic E-state index is 0.0318. The number of rotatable bonds is 59. The van der Waals surface area contributed by atoms with Gasteiger partial charge in [-0.1, -0.05) is 288 Å². The van der Waals surface area contributed by atoms with Gasteiger partial charge in [-0.3, -0.25) is 14.2 Å². The number of carbonyl (C=O) groups excluding carboxylic acids is 2. The number of hydrogen-bond donors (Lipinski definition) is 0. The van der Waals surface area contributed by atoms with Crippen molar-refractivity contribution in [2.75, 3.05) is 47.5 Å². The Morgan fingerprint density at radius 3 is 1.15 bits per heavy atom. The van der Waals surface area contributed by atoms with Gasteiger partial charge in [0.25, 0.3) is 7.82 Å². The highest BCUT2D eigenvalue weighted by atomic mass is 31.2. The van der Waals surface area contributed by atoms with E-state index in [9.17, 15) is 19.0 Å². The normalized spacial score (nSPS) is 13.4. The first-order chi connectivity index (χ1) is 36.0. The third-order valence-corrected chi connectivity index (χ3v) is 15.1. The van der Waals surface area contributed by atoms with Crippen molar-refractivity contribution >= 4 is 19.8 Å². The van der Waals surface area contributed by atoms with E-state index >= 15 is 0 Å². The van der Waals surface area contributed by atoms with Crippen LogP contribution in [-0.2, 0) is 32.7 Å². The van der Waals surface area contributed by atoms with Gasteiger partial charge in [0.2, 0.25) is 0 Å². The molecule has 9 nitrogen and oxygen atoms in total. The topological polar surface area (TPSA) is 111 Å². The number of hydrogen-bond acceptors (Lipinski definition) is 8. The lowest BCUT2D eigenvalue weighted by Gasteiger charge is -2.28. The fourth-order valence-electron chi connectivity index (χ4n) is 9.32. The van der Waals surface area contributed by atoms with Gasteiger partial charge in [-0.05, 0) is 44.9 Å². The SMILES string of the molecule is CC/C=C\C/C=C\C/C=C\CCCCCCCCCC(=O)OC(COC(=O)CCCCCCCCCCCCCCCCCCCCCCCCCCCCCCCCCCC)COP(=O)([O-])OCC[N+](C)(C)C. The number of nitrogens with zero attached hydrogens (tertiary/aromatic N) is 1. The highest BCUT2D eigenvalue weighted by Crippen LogP contribution is 2.38. The van der Waals surface area contributed by atoms with E-state index < -0.39 is 26.5 Å². The van der Waals surface area contributed by atoms with Crippen molar-refractivity contribution in [2.24, 2.45) is 0 Å². The lowest BCUT2D eigenvalue weighted by molar-refractivity contribution is -0.870. The zero-order chi connectivity index (χ0) is 54.2. The van der Waals surface area contributed by atoms with Crippen LogP contribution in [0.2, 0.25) is 0 Å². The first-order valence-electron chi connectivity index (χ1n) is 31.7. The Bertz CT molecular complexity index is 1340. The van der Waals surface area contributed by atoms with Gasteiger partial charge in [0.1, 0.15) is 19.8 Å². The van der Waals surface area contributed by atoms with Gasteiger partial charge in [0.15, 0.2) is 6.10 Å². The highest BCUT2D eigenvalue weighted by Gasteiger charge is 2.22. The predicted molar refractivity (Wildman–Crippen MR) is 314 cm³/mol. The summed E-state index contributed by atoms with van der Waals surface area (Å²) >= 11 is 0. The summed E-state index contributed by atoms with van der Waals surface area (Å²) < 4.78 is 34.2. The second kappa shape index (κ2) is 56.0. The Morgan fingerprint density at radius 2 is 0.770 bits per heavy atom. The maximum atomic E-state index is 12.8. The molecule has 0 N–H and O–H groups in total. The van der Waals surface area contributed by atoms with E-state index in [0.29, 0.717) is 17.4 Å². The van der Waals surface area contributed by atoms with Crippen LogP contribution in [0.5, 0.6) is 0 Å². The summed E-state index contributed by atoms with van der Waals surface area (Å²) in [7, 11) is 1.17. The summed E-state index contributed by atoms with van der Waals surface area (Å²) in [6.07, 6.45) is 69.4. The number of esters is 2. The molecular formula is C64H122NO8P. The average molecular weight is 1060 g/mol. The van der Waals surface area contributed by atoms with Crippen molar-refractivity contribution in [3.05, 3.63) is 36.5 Å². The Labute approximate surface area is 459 Å². The van der Waals surface area contributed by atoms with Crippen LogP contribution in [0.4, 0.5) is 0 Å². The molecule has 0 saturated carbocycles. The number of ether oxygens (including phenoxy) is 2. The van der Waals surface area contributed by atoms with Crippen LogP contribution in [0.15, 0.2) is 36.5 Å². The first-order valence-corrected chi connectivity index (χ1v) is 33.2. The second-order valence-electron chi connectivity index (χ2n) is 22.8. The summed E-state index contributed by atoms with van der Waals surface area (Å²) in [4.78, 5) is 37.9. The standard InChI is InChI=1S/C64H122NO8P/c1-6-8-10-12-14-16-18-20-22-24-25-26-27-28-29-30-31-32-33-34-35-36-37-38-39-41-42-44-46-48-50-52-54-56-63(66)70-60-62(61-72-74(68,69)71-59-58-65(3,4)5)73-64(67)57-55-53-51-49-47-45-43-40-23-21-19-17-15-13-11-9-7-2/h9,11,15,17,21,23,62H,6-8,10,12-14,16,18-20,22,24-61H2,1-5H3/b11-9-,17-15-,23-21-. The minimum atomic E-state index is -4.64. The van der Waals surface area contributed by atoms with Crippen LogP contribution in [0, 0.1) is 0 Å². The van der Waals surface area contributed by atoms with Gasteiger partial charge in [-0.2, -0.15) is 0 Å². The van der Waals surface area contributed by atoms with Crippen molar-refractivity contribution < 1.29 is 42.1 Å². The van der Waals surface area contributed by atoms with Crippen molar-refractivity contribution in [3.8, 4) is 0 Å². The Kier molecular flexibility index (Phi) is 54.6. The fraction of sp³-hybridized carbons (Fsp3) is 0.875. The fourth-order valence-corrected chi connectivity index (χ4v) is 10.1. The van der Waals surface area contributed by atoms with Gasteiger partial charge in [0, 0.05) is 12.8 Å². The van der Waals surface area contributed by atoms with E-state index in [1.165, 1.54) is 212 Å². The molecule has 10 heteroatoms. The third-order valence-electron chi connectivity index (χ3n) is 14.2. The zero-order valence-corrected chi connectivity index (χ0v) is 50.5. The molecule has 0 spiro atoms. The number of unbranched alkanes of at least 4 members (excludes halogenated alkanes) is 39. The van der Waals surface area contributed by atoms with Crippen molar-refractivity contribution in [1.82, 2.24) is 0 Å². The second-order valence-corrected chi connectivity index (χ2v) is 24.2. The molecule has 0 aromatic rings. The number of quaternary nitrogens is 1. The zero-order valence-electron chi connectivity index (χ0n) is 49.6. The predicted octanol–water partition coefficient (Wildman–Crippen LogP) is 19.3. The number of carbonyl (C=O) groups is 2. The van der Waals surface area contributed by atoms with Gasteiger partial charge in [0.05, 0.1) is 27.7 Å². The molecule has 0 radical (unpaired) electrons. The molecule has 0 amide bonds. The summed E-state index contributed by atoms with van der Waals surface area (Å²) in [6.45, 7) is 4.16. The molecule has 436 valence electrons. The van der Waals surface area contributed by atoms with Crippen LogP contribution in [0.1, 0.15) is 309 Å². The van der Waals surface area contributed by atoms with Gasteiger partial charge < -0.3 is 27.9 Å². The molecule has 0 aromatic carbocycles. The quantitative estimate of drug-likeness (QED) is 0.0195. The molecular weight excluding hydrogens is 942 g/mol. The number of phosphoric acid groups is 1. The van der Waals surface area contributed by atoms with Crippen LogP contribution >= 0.6 is 7.82 Å². The highest BCUT2D eigenvalue weighted by molar-refractivity contribution is 7.45. The Hall–Kier alpha value is -1.77. The number of likely N-dealkylation sites (N-methyl/N-ethyl adjacent to an activating group) is 1. The van der Waals surface area contributed by atoms with Crippen molar-refractivity contribution in [2.45, 2.75) is 315 Å². The summed E-state index contributed by atoms with van der Waals surface area (Å²) in [5.41, 5.74) is 0. The van der Waals surface area contributed by atoms with E-state index in [1.54, 1.807) is 0 Å². The molecule has 0 aliphatic carbocycles. The van der Waals surface area contributed by atoms with Gasteiger partial charge >= 0.3 is 11.9 Å². The van der Waals surface area contributed by atoms with Crippen LogP contribution in [0.25, 0.3) is 0 Å². The third kappa shape index (κ3) is 59.5. The largest absolute Gasteiger partial charge is 0.756 e. The van der Waals surface area contributed by atoms with E-state index in [4.69, 9.17) is 18.5 Å². The molecule has 0 rings (SSSR count). The van der Waals surface area contributed by atoms with Crippen molar-refractivity contribution in [1.29, 1.82) is 0 Å². The van der Waals surface area contributed by atoms with Crippen molar-refractivity contribution in [3.63, 3.8) is 0 Å². The van der Waals surface area contributed by atoms with Crippen LogP contribution in [0.3, 0.4) is 0 Å². The van der Waals surface area contributed by atoms with E-state index in [0.717, 1.165) is 64.2 Å². The maximum Gasteiger partial charge on any atom is 0.306 e. The lowest BCUT2D eigenvalue weighted by Crippen LogP contribution is -2.37. The Balaban J connectivity index is 3.96. The molecule has 2 atom stereocenters. The number of phosphoric ester groups is 1. The first kappa shape index (κ1) is 72.2. The smallest absolute Gasteiger partial charge is 0.306 e. The average Bonchev–Trinajstić information content (AvgIpc) is 3.36. The maximum absolute atomic E-state index is 12.8. The molecule has 0 aliphatic heterocycles. The van der Waals surface area contributed by atoms with E-state index in [2.05, 4.69) is 50.3 Å². The Morgan fingerprint density at radius 1 is 0.432 bits per heavy atom. The molecule has 0 heterocycles. The lowest BCUT2D eigenvalue weighted by atomic mass is 10.0. The minimum Gasteiger partial charge on any atom is -0.756 e. The summed E-state index contributed by atoms with van der Waals surface area (Å²) in [6, 6.07) is 0. The van der Waals surface area contributed by atoms with Gasteiger partial charge in [-0.25, -0.2) is 0 Å². The van der Waals surface area contributed by atoms with E-state index in [-0.39, 0.29) is 32.0 Å². The summed E-state index contributed by atoms with van der Waals surface area (Å²) in [5, 5.41) is 0. The molecule has 0 aromatic heterocycles. The molecule has 0 fully saturated rings. The monoisotopic (exact) mass is 1060 g/mol. The molecule has 0 saturated heterocycles. The molecule has 0 aliphatic rings. The van der Waals surface area contributed by atoms with Crippen LogP contribution < -0.4 is 4.89 Å². The summed E-state index contributed by atoms with van der Waals surface area (Å²) in [5.74, 6) is -0.831. The molecule has 2 unspecified atom stereocenters. The number of allylic oxidation sites excluding steroid dienone is 6. The van der Waals surface area contributed by atoms with E-state index in [1.807, 2.05) is 21.1 Å². The van der Waals surface area contributed by atoms with Crippen LogP contribution in [-0.4, -0.2) is 70.0 Å². The molecule has 0 bridgehead atoms. The molecule has 74 heavy (non-hydrogen) atoms. The van der Waals surface area contributed by atoms with Gasteiger partial charge in [-0.15, -0.1) is 0 Å².